The topological polar surface area (TPSA) is 34.1 Å². The van der Waals surface area contributed by atoms with Gasteiger partial charge in [-0.1, -0.05) is 11.6 Å². The number of ether oxygens (including phenoxy) is 1. The summed E-state index contributed by atoms with van der Waals surface area (Å²) in [4.78, 5) is 5.73. The van der Waals surface area contributed by atoms with Crippen LogP contribution in [0, 0.1) is 13.8 Å². The molecule has 0 fully saturated rings. The second-order valence-corrected chi connectivity index (χ2v) is 5.64. The molecule has 0 amide bonds. The van der Waals surface area contributed by atoms with Crippen molar-refractivity contribution in [1.29, 1.82) is 0 Å². The molecule has 0 aliphatic rings. The molecule has 0 bridgehead atoms. The van der Waals surface area contributed by atoms with Crippen LogP contribution in [0.25, 0.3) is 0 Å². The molecule has 0 atom stereocenters. The Kier molecular flexibility index (Phi) is 4.09. The second kappa shape index (κ2) is 5.59. The highest BCUT2D eigenvalue weighted by Gasteiger charge is 2.06. The molecule has 0 saturated heterocycles. The Morgan fingerprint density at radius 2 is 2.17 bits per heavy atom. The van der Waals surface area contributed by atoms with E-state index in [0.717, 1.165) is 22.1 Å². The summed E-state index contributed by atoms with van der Waals surface area (Å²) in [5.74, 6) is 0.786. The van der Waals surface area contributed by atoms with Gasteiger partial charge in [-0.15, -0.1) is 11.3 Å². The number of hydrogen-bond donors (Lipinski definition) is 1. The summed E-state index contributed by atoms with van der Waals surface area (Å²) < 4.78 is 5.17. The molecule has 1 heterocycles. The molecule has 1 N–H and O–H groups in total. The van der Waals surface area contributed by atoms with Crippen LogP contribution in [-0.2, 0) is 6.54 Å². The fourth-order valence-corrected chi connectivity index (χ4v) is 2.61. The average Bonchev–Trinajstić information content (AvgIpc) is 2.68. The van der Waals surface area contributed by atoms with Crippen molar-refractivity contribution in [2.24, 2.45) is 0 Å². The highest BCUT2D eigenvalue weighted by molar-refractivity contribution is 7.11. The van der Waals surface area contributed by atoms with Crippen LogP contribution in [0.15, 0.2) is 18.2 Å². The van der Waals surface area contributed by atoms with Crippen LogP contribution < -0.4 is 10.1 Å². The van der Waals surface area contributed by atoms with Crippen molar-refractivity contribution in [2.75, 3.05) is 12.4 Å². The zero-order valence-corrected chi connectivity index (χ0v) is 12.2. The normalized spacial score (nSPS) is 10.4. The van der Waals surface area contributed by atoms with Crippen LogP contribution in [0.1, 0.15) is 15.6 Å². The number of thiazole rings is 1. The van der Waals surface area contributed by atoms with Crippen LogP contribution >= 0.6 is 22.9 Å². The zero-order chi connectivity index (χ0) is 13.1. The number of benzene rings is 1. The molecule has 1 aromatic carbocycles. The van der Waals surface area contributed by atoms with Crippen molar-refractivity contribution in [1.82, 2.24) is 4.98 Å². The van der Waals surface area contributed by atoms with E-state index >= 15 is 0 Å². The van der Waals surface area contributed by atoms with Gasteiger partial charge >= 0.3 is 0 Å². The molecule has 18 heavy (non-hydrogen) atoms. The van der Waals surface area contributed by atoms with Gasteiger partial charge in [0.1, 0.15) is 10.8 Å². The number of halogens is 1. The number of aryl methyl sites for hydroxylation is 2. The standard InChI is InChI=1S/C13H15ClN2OS/c1-8-9(2)18-13(16-8)7-15-12-6-10(17-3)4-5-11(12)14/h4-6,15H,7H2,1-3H3. The maximum Gasteiger partial charge on any atom is 0.121 e. The lowest BCUT2D eigenvalue weighted by atomic mass is 10.3. The first-order chi connectivity index (χ1) is 8.60. The Morgan fingerprint density at radius 3 is 2.78 bits per heavy atom. The maximum absolute atomic E-state index is 6.12. The first kappa shape index (κ1) is 13.2. The highest BCUT2D eigenvalue weighted by Crippen LogP contribution is 2.27. The van der Waals surface area contributed by atoms with E-state index in [0.29, 0.717) is 11.6 Å². The molecule has 2 rings (SSSR count). The molecular weight excluding hydrogens is 268 g/mol. The molecule has 0 unspecified atom stereocenters. The number of rotatable bonds is 4. The summed E-state index contributed by atoms with van der Waals surface area (Å²) in [7, 11) is 1.64. The molecule has 5 heteroatoms. The Morgan fingerprint density at radius 1 is 1.39 bits per heavy atom. The first-order valence-electron chi connectivity index (χ1n) is 5.60. The van der Waals surface area contributed by atoms with Crippen LogP contribution in [0.3, 0.4) is 0 Å². The Hall–Kier alpha value is -1.26. The Balaban J connectivity index is 2.10. The van der Waals surface area contributed by atoms with E-state index in [-0.39, 0.29) is 0 Å². The lowest BCUT2D eigenvalue weighted by Crippen LogP contribution is -2.00. The highest BCUT2D eigenvalue weighted by atomic mass is 35.5. The van der Waals surface area contributed by atoms with Crippen LogP contribution in [0.5, 0.6) is 5.75 Å². The SMILES string of the molecule is COc1ccc(Cl)c(NCc2nc(C)c(C)s2)c1. The third kappa shape index (κ3) is 2.94. The Labute approximate surface area is 116 Å². The minimum Gasteiger partial charge on any atom is -0.497 e. The molecule has 0 radical (unpaired) electrons. The van der Waals surface area contributed by atoms with Gasteiger partial charge in [0.2, 0.25) is 0 Å². The molecule has 0 aliphatic carbocycles. The summed E-state index contributed by atoms with van der Waals surface area (Å²) in [6.45, 7) is 4.77. The average molecular weight is 283 g/mol. The van der Waals surface area contributed by atoms with Crippen molar-refractivity contribution in [2.45, 2.75) is 20.4 Å². The summed E-state index contributed by atoms with van der Waals surface area (Å²) in [5.41, 5.74) is 1.95. The number of hydrogen-bond acceptors (Lipinski definition) is 4. The zero-order valence-electron chi connectivity index (χ0n) is 10.6. The molecule has 2 aromatic rings. The number of methoxy groups -OCH3 is 1. The summed E-state index contributed by atoms with van der Waals surface area (Å²) >= 11 is 7.82. The molecule has 0 aliphatic heterocycles. The smallest absolute Gasteiger partial charge is 0.121 e. The van der Waals surface area contributed by atoms with E-state index < -0.39 is 0 Å². The van der Waals surface area contributed by atoms with E-state index in [1.807, 2.05) is 25.1 Å². The second-order valence-electron chi connectivity index (χ2n) is 3.95. The van der Waals surface area contributed by atoms with Gasteiger partial charge in [-0.05, 0) is 26.0 Å². The van der Waals surface area contributed by atoms with E-state index in [2.05, 4.69) is 17.2 Å². The molecule has 3 nitrogen and oxygen atoms in total. The van der Waals surface area contributed by atoms with E-state index in [1.165, 1.54) is 4.88 Å². The molecule has 0 saturated carbocycles. The summed E-state index contributed by atoms with van der Waals surface area (Å²) in [6.07, 6.45) is 0. The van der Waals surface area contributed by atoms with Gasteiger partial charge in [0.05, 0.1) is 30.1 Å². The quantitative estimate of drug-likeness (QED) is 0.919. The van der Waals surface area contributed by atoms with Gasteiger partial charge in [0.25, 0.3) is 0 Å². The van der Waals surface area contributed by atoms with Crippen molar-refractivity contribution in [3.8, 4) is 5.75 Å². The van der Waals surface area contributed by atoms with Crippen LogP contribution in [0.2, 0.25) is 5.02 Å². The van der Waals surface area contributed by atoms with Crippen molar-refractivity contribution in [3.05, 3.63) is 38.8 Å². The number of nitrogens with zero attached hydrogens (tertiary/aromatic N) is 1. The largest absolute Gasteiger partial charge is 0.497 e. The van der Waals surface area contributed by atoms with E-state index in [4.69, 9.17) is 16.3 Å². The predicted octanol–water partition coefficient (Wildman–Crippen LogP) is 4.03. The van der Waals surface area contributed by atoms with Gasteiger partial charge in [0, 0.05) is 10.9 Å². The fourth-order valence-electron chi connectivity index (χ4n) is 1.55. The van der Waals surface area contributed by atoms with Gasteiger partial charge in [-0.3, -0.25) is 0 Å². The lowest BCUT2D eigenvalue weighted by Gasteiger charge is -2.08. The summed E-state index contributed by atoms with van der Waals surface area (Å²) in [5, 5.41) is 5.02. The number of nitrogens with one attached hydrogen (secondary N) is 1. The van der Waals surface area contributed by atoms with Crippen LogP contribution in [0.4, 0.5) is 5.69 Å². The van der Waals surface area contributed by atoms with Gasteiger partial charge in [-0.25, -0.2) is 4.98 Å². The Bertz CT molecular complexity index is 534. The predicted molar refractivity (Wildman–Crippen MR) is 76.9 cm³/mol. The van der Waals surface area contributed by atoms with Gasteiger partial charge in [-0.2, -0.15) is 0 Å². The van der Waals surface area contributed by atoms with Crippen molar-refractivity contribution >= 4 is 28.6 Å². The van der Waals surface area contributed by atoms with Crippen LogP contribution in [-0.4, -0.2) is 12.1 Å². The maximum atomic E-state index is 6.12. The molecule has 1 aromatic heterocycles. The van der Waals surface area contributed by atoms with Gasteiger partial charge in [0.15, 0.2) is 0 Å². The van der Waals surface area contributed by atoms with E-state index in [9.17, 15) is 0 Å². The first-order valence-corrected chi connectivity index (χ1v) is 6.80. The fraction of sp³-hybridized carbons (Fsp3) is 0.308. The summed E-state index contributed by atoms with van der Waals surface area (Å²) in [6, 6.07) is 5.54. The molecular formula is C13H15ClN2OS. The number of aromatic nitrogens is 1. The number of anilines is 1. The van der Waals surface area contributed by atoms with Gasteiger partial charge < -0.3 is 10.1 Å². The molecule has 0 spiro atoms. The van der Waals surface area contributed by atoms with Crippen molar-refractivity contribution in [3.63, 3.8) is 0 Å². The lowest BCUT2D eigenvalue weighted by molar-refractivity contribution is 0.415. The minimum atomic E-state index is 0.673. The third-order valence-corrected chi connectivity index (χ3v) is 4.08. The third-order valence-electron chi connectivity index (χ3n) is 2.68. The van der Waals surface area contributed by atoms with E-state index in [1.54, 1.807) is 18.4 Å². The minimum absolute atomic E-state index is 0.673. The monoisotopic (exact) mass is 282 g/mol. The molecule has 96 valence electrons. The van der Waals surface area contributed by atoms with Crippen molar-refractivity contribution < 1.29 is 4.74 Å².